The molecule has 0 unspecified atom stereocenters. The fourth-order valence-corrected chi connectivity index (χ4v) is 2.16. The zero-order valence-corrected chi connectivity index (χ0v) is 9.11. The molecule has 0 saturated heterocycles. The molecule has 0 fully saturated rings. The van der Waals surface area contributed by atoms with Crippen LogP contribution >= 0.6 is 0 Å². The summed E-state index contributed by atoms with van der Waals surface area (Å²) < 4.78 is 0. The Balaban J connectivity index is 2.03. The molecule has 1 heteroatoms. The Bertz CT molecular complexity index is 488. The third kappa shape index (κ3) is 1.74. The Morgan fingerprint density at radius 2 is 1.75 bits per heavy atom. The maximum absolute atomic E-state index is 3.28. The van der Waals surface area contributed by atoms with E-state index < -0.39 is 0 Å². The van der Waals surface area contributed by atoms with Gasteiger partial charge in [-0.05, 0) is 35.2 Å². The van der Waals surface area contributed by atoms with Crippen molar-refractivity contribution in [3.8, 4) is 11.1 Å². The molecule has 0 aliphatic carbocycles. The normalized spacial score (nSPS) is 14.5. The fourth-order valence-electron chi connectivity index (χ4n) is 2.16. The predicted octanol–water partition coefficient (Wildman–Crippen LogP) is 3.01. The van der Waals surface area contributed by atoms with Crippen LogP contribution in [0.3, 0.4) is 0 Å². The van der Waals surface area contributed by atoms with Crippen molar-refractivity contribution in [1.82, 2.24) is 5.32 Å². The van der Waals surface area contributed by atoms with Crippen molar-refractivity contribution in [2.45, 2.75) is 6.42 Å². The number of benzene rings is 2. The van der Waals surface area contributed by atoms with Gasteiger partial charge in [0.2, 0.25) is 0 Å². The summed E-state index contributed by atoms with van der Waals surface area (Å²) in [5, 5.41) is 3.28. The molecule has 0 spiro atoms. The first-order valence-electron chi connectivity index (χ1n) is 5.68. The SMILES string of the molecule is [CH]1NCCc2cc(-c3ccccc3)ccc21. The highest BCUT2D eigenvalue weighted by atomic mass is 14.9. The number of fused-ring (bicyclic) bond motifs is 1. The van der Waals surface area contributed by atoms with E-state index >= 15 is 0 Å². The second kappa shape index (κ2) is 4.11. The van der Waals surface area contributed by atoms with Gasteiger partial charge in [-0.25, -0.2) is 0 Å². The molecule has 16 heavy (non-hydrogen) atoms. The minimum Gasteiger partial charge on any atom is -0.308 e. The van der Waals surface area contributed by atoms with Gasteiger partial charge in [0, 0.05) is 0 Å². The van der Waals surface area contributed by atoms with Crippen LogP contribution in [0.5, 0.6) is 0 Å². The molecule has 3 rings (SSSR count). The highest BCUT2D eigenvalue weighted by Crippen LogP contribution is 2.24. The zero-order valence-electron chi connectivity index (χ0n) is 9.11. The van der Waals surface area contributed by atoms with E-state index in [1.54, 1.807) is 0 Å². The standard InChI is InChI=1S/C15H14N/c1-2-4-12(5-3-1)13-6-7-15-11-16-9-8-14(15)10-13/h1-7,10-11,16H,8-9H2. The van der Waals surface area contributed by atoms with Crippen LogP contribution < -0.4 is 5.32 Å². The summed E-state index contributed by atoms with van der Waals surface area (Å²) >= 11 is 0. The smallest absolute Gasteiger partial charge is 0.0521 e. The third-order valence-corrected chi connectivity index (χ3v) is 3.05. The lowest BCUT2D eigenvalue weighted by molar-refractivity contribution is 0.753. The Labute approximate surface area is 96.1 Å². The molecular weight excluding hydrogens is 194 g/mol. The van der Waals surface area contributed by atoms with Crippen LogP contribution in [0, 0.1) is 6.54 Å². The Kier molecular flexibility index (Phi) is 2.47. The maximum Gasteiger partial charge on any atom is 0.0521 e. The summed E-state index contributed by atoms with van der Waals surface area (Å²) in [6.07, 6.45) is 1.12. The topological polar surface area (TPSA) is 12.0 Å². The van der Waals surface area contributed by atoms with Gasteiger partial charge in [0.05, 0.1) is 6.54 Å². The van der Waals surface area contributed by atoms with E-state index in [4.69, 9.17) is 0 Å². The van der Waals surface area contributed by atoms with Crippen molar-refractivity contribution in [3.63, 3.8) is 0 Å². The molecule has 1 nitrogen and oxygen atoms in total. The number of hydrogen-bond acceptors (Lipinski definition) is 1. The van der Waals surface area contributed by atoms with Crippen molar-refractivity contribution in [3.05, 3.63) is 66.2 Å². The largest absolute Gasteiger partial charge is 0.308 e. The van der Waals surface area contributed by atoms with Crippen LogP contribution in [-0.2, 0) is 6.42 Å². The van der Waals surface area contributed by atoms with Crippen LogP contribution in [0.4, 0.5) is 0 Å². The van der Waals surface area contributed by atoms with E-state index in [0.717, 1.165) is 13.0 Å². The van der Waals surface area contributed by atoms with Crippen molar-refractivity contribution in [2.75, 3.05) is 6.54 Å². The second-order valence-corrected chi connectivity index (χ2v) is 4.13. The van der Waals surface area contributed by atoms with E-state index in [1.807, 2.05) is 0 Å². The summed E-state index contributed by atoms with van der Waals surface area (Å²) in [6.45, 7) is 3.15. The molecule has 0 saturated carbocycles. The van der Waals surface area contributed by atoms with E-state index in [0.29, 0.717) is 0 Å². The average molecular weight is 208 g/mol. The summed E-state index contributed by atoms with van der Waals surface area (Å²) in [5.41, 5.74) is 5.38. The predicted molar refractivity (Wildman–Crippen MR) is 67.0 cm³/mol. The molecule has 2 aromatic rings. The maximum atomic E-state index is 3.28. The Morgan fingerprint density at radius 1 is 0.875 bits per heavy atom. The third-order valence-electron chi connectivity index (χ3n) is 3.05. The van der Waals surface area contributed by atoms with Crippen molar-refractivity contribution >= 4 is 0 Å². The summed E-state index contributed by atoms with van der Waals surface area (Å²) in [5.74, 6) is 0. The molecule has 1 heterocycles. The summed E-state index contributed by atoms with van der Waals surface area (Å²) in [7, 11) is 0. The van der Waals surface area contributed by atoms with Crippen LogP contribution in [0.2, 0.25) is 0 Å². The number of rotatable bonds is 1. The van der Waals surface area contributed by atoms with Crippen LogP contribution in [0.1, 0.15) is 11.1 Å². The molecule has 0 amide bonds. The van der Waals surface area contributed by atoms with Gasteiger partial charge in [0.25, 0.3) is 0 Å². The highest BCUT2D eigenvalue weighted by Gasteiger charge is 2.09. The van der Waals surface area contributed by atoms with Gasteiger partial charge in [-0.3, -0.25) is 0 Å². The quantitative estimate of drug-likeness (QED) is 0.759. The van der Waals surface area contributed by atoms with E-state index in [-0.39, 0.29) is 0 Å². The van der Waals surface area contributed by atoms with Gasteiger partial charge < -0.3 is 5.32 Å². The van der Waals surface area contributed by atoms with Crippen LogP contribution in [0.15, 0.2) is 48.5 Å². The van der Waals surface area contributed by atoms with E-state index in [1.165, 1.54) is 22.3 Å². The van der Waals surface area contributed by atoms with Gasteiger partial charge in [-0.15, -0.1) is 0 Å². The van der Waals surface area contributed by atoms with Gasteiger partial charge >= 0.3 is 0 Å². The molecule has 2 aromatic carbocycles. The second-order valence-electron chi connectivity index (χ2n) is 4.13. The Hall–Kier alpha value is -1.60. The first kappa shape index (κ1) is 9.61. The van der Waals surface area contributed by atoms with Crippen LogP contribution in [0.25, 0.3) is 11.1 Å². The lowest BCUT2D eigenvalue weighted by Gasteiger charge is -2.17. The summed E-state index contributed by atoms with van der Waals surface area (Å²) in [4.78, 5) is 0. The minimum atomic E-state index is 1.05. The fraction of sp³-hybridized carbons (Fsp3) is 0.133. The lowest BCUT2D eigenvalue weighted by atomic mass is 9.95. The lowest BCUT2D eigenvalue weighted by Crippen LogP contribution is -2.21. The van der Waals surface area contributed by atoms with Crippen molar-refractivity contribution in [1.29, 1.82) is 0 Å². The average Bonchev–Trinajstić information content (AvgIpc) is 2.39. The minimum absolute atomic E-state index is 1.05. The van der Waals surface area contributed by atoms with E-state index in [2.05, 4.69) is 60.4 Å². The molecule has 1 N–H and O–H groups in total. The molecular formula is C15H14N. The molecule has 79 valence electrons. The highest BCUT2D eigenvalue weighted by molar-refractivity contribution is 5.65. The van der Waals surface area contributed by atoms with Gasteiger partial charge in [-0.1, -0.05) is 48.5 Å². The molecule has 0 bridgehead atoms. The van der Waals surface area contributed by atoms with Gasteiger partial charge in [0.15, 0.2) is 0 Å². The molecule has 0 atom stereocenters. The zero-order chi connectivity index (χ0) is 10.8. The van der Waals surface area contributed by atoms with Crippen LogP contribution in [-0.4, -0.2) is 6.54 Å². The van der Waals surface area contributed by atoms with E-state index in [9.17, 15) is 0 Å². The van der Waals surface area contributed by atoms with Crippen molar-refractivity contribution < 1.29 is 0 Å². The molecule has 0 aromatic heterocycles. The molecule has 1 aliphatic heterocycles. The summed E-state index contributed by atoms with van der Waals surface area (Å²) in [6, 6.07) is 17.2. The Morgan fingerprint density at radius 3 is 2.62 bits per heavy atom. The van der Waals surface area contributed by atoms with Gasteiger partial charge in [-0.2, -0.15) is 0 Å². The first-order chi connectivity index (χ1) is 7.93. The first-order valence-corrected chi connectivity index (χ1v) is 5.68. The molecule has 1 aliphatic rings. The number of nitrogens with one attached hydrogen (secondary N) is 1. The monoisotopic (exact) mass is 208 g/mol. The van der Waals surface area contributed by atoms with Crippen molar-refractivity contribution in [2.24, 2.45) is 0 Å². The number of hydrogen-bond donors (Lipinski definition) is 1. The molecule has 1 radical (unpaired) electrons. The van der Waals surface area contributed by atoms with Gasteiger partial charge in [0.1, 0.15) is 0 Å².